The van der Waals surface area contributed by atoms with E-state index in [-0.39, 0.29) is 4.31 Å². The third kappa shape index (κ3) is 1.93. The second-order valence-corrected chi connectivity index (χ2v) is 5.40. The Hall–Kier alpha value is -0.000519. The van der Waals surface area contributed by atoms with Gasteiger partial charge in [0.25, 0.3) is 0 Å². The zero-order valence-corrected chi connectivity index (χ0v) is 12.5. The van der Waals surface area contributed by atoms with Crippen LogP contribution in [0.4, 0.5) is 0 Å². The van der Waals surface area contributed by atoms with E-state index in [4.69, 9.17) is 0 Å². The first-order valence-electron chi connectivity index (χ1n) is 6.73. The fourth-order valence-corrected chi connectivity index (χ4v) is 4.00. The van der Waals surface area contributed by atoms with Gasteiger partial charge in [0, 0.05) is 0 Å². The third-order valence-electron chi connectivity index (χ3n) is 3.93. The summed E-state index contributed by atoms with van der Waals surface area (Å²) in [4.78, 5) is 0. The Balaban J connectivity index is 3.37. The summed E-state index contributed by atoms with van der Waals surface area (Å²) in [5.74, 6) is 0. The van der Waals surface area contributed by atoms with Crippen LogP contribution < -0.4 is 0 Å². The fourth-order valence-electron chi connectivity index (χ4n) is 3.28. The predicted octanol–water partition coefficient (Wildman–Crippen LogP) is 5.35. The van der Waals surface area contributed by atoms with Crippen LogP contribution in [0.5, 0.6) is 0 Å². The Kier molecular flexibility index (Phi) is 4.88. The van der Waals surface area contributed by atoms with Gasteiger partial charge in [-0.3, -0.25) is 0 Å². The van der Waals surface area contributed by atoms with Crippen molar-refractivity contribution < 1.29 is 16.0 Å². The molecule has 0 heterocycles. The first-order chi connectivity index (χ1) is 7.60. The van der Waals surface area contributed by atoms with Crippen molar-refractivity contribution in [1.82, 2.24) is 0 Å². The number of hydrogen-bond donors (Lipinski definition) is 0. The molecule has 1 aliphatic carbocycles. The average molecular weight is 261 g/mol. The standard InChI is InChI=1S/C15H25.Fe/c1-6-11-12(7-2)14(9-4)15(10-5)13(11)8-3;/h6-10H2,1-5H3;. The van der Waals surface area contributed by atoms with Crippen LogP contribution in [-0.2, 0) is 16.0 Å². The summed E-state index contributed by atoms with van der Waals surface area (Å²) in [7, 11) is 0. The molecular weight excluding hydrogens is 236 g/mol. The zero-order valence-electron chi connectivity index (χ0n) is 11.4. The van der Waals surface area contributed by atoms with Gasteiger partial charge in [0.05, 0.1) is 0 Å². The van der Waals surface area contributed by atoms with Crippen LogP contribution in [0, 0.1) is 0 Å². The van der Waals surface area contributed by atoms with E-state index in [1.807, 2.05) is 0 Å². The summed E-state index contributed by atoms with van der Waals surface area (Å²) < 4.78 is 0.125. The molecule has 0 aromatic carbocycles. The Labute approximate surface area is 109 Å². The number of rotatable bonds is 5. The van der Waals surface area contributed by atoms with Gasteiger partial charge in [-0.15, -0.1) is 0 Å². The Bertz CT molecular complexity index is 292. The third-order valence-corrected chi connectivity index (χ3v) is 4.98. The predicted molar refractivity (Wildman–Crippen MR) is 68.2 cm³/mol. The Morgan fingerprint density at radius 3 is 1.31 bits per heavy atom. The number of hydrogen-bond acceptors (Lipinski definition) is 0. The monoisotopic (exact) mass is 261 g/mol. The SMILES string of the molecule is CCC1=C(CC)[C]([Fe])(CC)C(CC)=C1CC. The molecule has 0 unspecified atom stereocenters. The van der Waals surface area contributed by atoms with Crippen LogP contribution in [0.1, 0.15) is 66.7 Å². The molecule has 0 atom stereocenters. The van der Waals surface area contributed by atoms with Gasteiger partial charge in [-0.1, -0.05) is 0 Å². The maximum atomic E-state index is 4.57. The average Bonchev–Trinajstić information content (AvgIpc) is 2.56. The van der Waals surface area contributed by atoms with Crippen molar-refractivity contribution in [2.75, 3.05) is 0 Å². The summed E-state index contributed by atoms with van der Waals surface area (Å²) in [6.07, 6.45) is 5.81. The maximum absolute atomic E-state index is 4.57. The van der Waals surface area contributed by atoms with E-state index in [9.17, 15) is 0 Å². The van der Waals surface area contributed by atoms with Crippen molar-refractivity contribution in [3.05, 3.63) is 22.3 Å². The van der Waals surface area contributed by atoms with Crippen molar-refractivity contribution in [2.45, 2.75) is 71.0 Å². The van der Waals surface area contributed by atoms with E-state index in [2.05, 4.69) is 50.6 Å². The molecule has 0 saturated carbocycles. The molecule has 0 bridgehead atoms. The molecule has 93 valence electrons. The summed E-state index contributed by atoms with van der Waals surface area (Å²) in [6.45, 7) is 11.4. The normalized spacial score (nSPS) is 19.9. The summed E-state index contributed by atoms with van der Waals surface area (Å²) in [6, 6.07) is 0. The first kappa shape index (κ1) is 14.1. The van der Waals surface area contributed by atoms with Gasteiger partial charge in [0.2, 0.25) is 0 Å². The quantitative estimate of drug-likeness (QED) is 0.585. The first-order valence-corrected chi connectivity index (χ1v) is 7.28. The van der Waals surface area contributed by atoms with Crippen LogP contribution >= 0.6 is 0 Å². The second kappa shape index (κ2) is 5.56. The molecule has 0 amide bonds. The molecule has 0 radical (unpaired) electrons. The molecule has 16 heavy (non-hydrogen) atoms. The van der Waals surface area contributed by atoms with E-state index < -0.39 is 0 Å². The van der Waals surface area contributed by atoms with Crippen LogP contribution in [0.15, 0.2) is 22.3 Å². The molecular formula is C15H25Fe. The fraction of sp³-hybridized carbons (Fsp3) is 0.733. The number of allylic oxidation sites excluding steroid dienone is 4. The van der Waals surface area contributed by atoms with Gasteiger partial charge in [0.15, 0.2) is 0 Å². The Morgan fingerprint density at radius 1 is 0.750 bits per heavy atom. The molecule has 1 rings (SSSR count). The molecule has 1 heteroatoms. The summed E-state index contributed by atoms with van der Waals surface area (Å²) in [5, 5.41) is 0. The van der Waals surface area contributed by atoms with Crippen LogP contribution in [0.25, 0.3) is 0 Å². The molecule has 0 aromatic heterocycles. The van der Waals surface area contributed by atoms with Crippen molar-refractivity contribution in [3.63, 3.8) is 0 Å². The Morgan fingerprint density at radius 2 is 1.12 bits per heavy atom. The van der Waals surface area contributed by atoms with E-state index in [1.54, 1.807) is 22.3 Å². The molecule has 0 saturated heterocycles. The van der Waals surface area contributed by atoms with Gasteiger partial charge in [-0.25, -0.2) is 0 Å². The van der Waals surface area contributed by atoms with E-state index in [0.717, 1.165) is 19.3 Å². The van der Waals surface area contributed by atoms with Gasteiger partial charge >= 0.3 is 109 Å². The van der Waals surface area contributed by atoms with Gasteiger partial charge in [-0.2, -0.15) is 0 Å². The molecule has 0 aromatic rings. The van der Waals surface area contributed by atoms with Crippen LogP contribution in [0.3, 0.4) is 0 Å². The van der Waals surface area contributed by atoms with E-state index in [1.165, 1.54) is 12.8 Å². The molecule has 1 aliphatic rings. The van der Waals surface area contributed by atoms with E-state index in [0.29, 0.717) is 0 Å². The molecule has 0 fully saturated rings. The second-order valence-electron chi connectivity index (χ2n) is 4.46. The van der Waals surface area contributed by atoms with Crippen LogP contribution in [-0.4, -0.2) is 0 Å². The van der Waals surface area contributed by atoms with Gasteiger partial charge < -0.3 is 0 Å². The minimum absolute atomic E-state index is 0.125. The molecule has 0 N–H and O–H groups in total. The van der Waals surface area contributed by atoms with Crippen molar-refractivity contribution in [1.29, 1.82) is 0 Å². The summed E-state index contributed by atoms with van der Waals surface area (Å²) in [5.41, 5.74) is 6.48. The van der Waals surface area contributed by atoms with E-state index >= 15 is 0 Å². The van der Waals surface area contributed by atoms with Gasteiger partial charge in [-0.05, 0) is 0 Å². The van der Waals surface area contributed by atoms with Crippen molar-refractivity contribution in [3.8, 4) is 0 Å². The van der Waals surface area contributed by atoms with Crippen molar-refractivity contribution >= 4 is 0 Å². The van der Waals surface area contributed by atoms with Crippen molar-refractivity contribution in [2.24, 2.45) is 0 Å². The molecule has 0 nitrogen and oxygen atoms in total. The topological polar surface area (TPSA) is 0 Å². The minimum atomic E-state index is 0.125. The zero-order chi connectivity index (χ0) is 12.3. The van der Waals surface area contributed by atoms with Crippen LogP contribution in [0.2, 0.25) is 4.31 Å². The molecule has 0 aliphatic heterocycles. The van der Waals surface area contributed by atoms with Gasteiger partial charge in [0.1, 0.15) is 0 Å². The molecule has 0 spiro atoms. The summed E-state index contributed by atoms with van der Waals surface area (Å²) >= 11 is 4.57.